The molecule has 8 heteroatoms. The third-order valence-electron chi connectivity index (χ3n) is 5.65. The molecule has 0 N–H and O–H groups in total. The first kappa shape index (κ1) is 24.5. The van der Waals surface area contributed by atoms with E-state index in [1.54, 1.807) is 10.6 Å². The molecule has 1 aliphatic heterocycles. The molecule has 0 unspecified atom stereocenters. The predicted molar refractivity (Wildman–Crippen MR) is 136 cm³/mol. The molecule has 4 rings (SSSR count). The van der Waals surface area contributed by atoms with Crippen molar-refractivity contribution in [3.05, 3.63) is 90.6 Å². The minimum Gasteiger partial charge on any atom is -0.494 e. The van der Waals surface area contributed by atoms with Gasteiger partial charge in [0.05, 0.1) is 42.2 Å². The summed E-state index contributed by atoms with van der Waals surface area (Å²) in [7, 11) is 1.34. The lowest BCUT2D eigenvalue weighted by molar-refractivity contribution is -0.136. The Morgan fingerprint density at radius 2 is 1.83 bits per heavy atom. The van der Waals surface area contributed by atoms with Crippen LogP contribution in [0.2, 0.25) is 0 Å². The van der Waals surface area contributed by atoms with Gasteiger partial charge in [0.2, 0.25) is 0 Å². The molecule has 3 aromatic rings. The van der Waals surface area contributed by atoms with Crippen molar-refractivity contribution in [1.29, 1.82) is 0 Å². The number of ether oxygens (including phenoxy) is 3. The van der Waals surface area contributed by atoms with E-state index in [0.29, 0.717) is 51.7 Å². The fourth-order valence-corrected chi connectivity index (χ4v) is 5.14. The van der Waals surface area contributed by atoms with Gasteiger partial charge in [0, 0.05) is 11.6 Å². The molecule has 0 bridgehead atoms. The maximum atomic E-state index is 13.7. The van der Waals surface area contributed by atoms with Crippen molar-refractivity contribution in [2.24, 2.45) is 4.99 Å². The number of methoxy groups -OCH3 is 1. The molecule has 1 aliphatic rings. The van der Waals surface area contributed by atoms with Crippen LogP contribution in [-0.4, -0.2) is 30.9 Å². The highest BCUT2D eigenvalue weighted by molar-refractivity contribution is 7.07. The highest BCUT2D eigenvalue weighted by Crippen LogP contribution is 2.32. The highest BCUT2D eigenvalue weighted by Gasteiger charge is 2.33. The summed E-state index contributed by atoms with van der Waals surface area (Å²) < 4.78 is 18.6. The Kier molecular flexibility index (Phi) is 7.51. The van der Waals surface area contributed by atoms with Crippen molar-refractivity contribution < 1.29 is 19.0 Å². The number of benzene rings is 2. The van der Waals surface area contributed by atoms with Crippen LogP contribution in [0.5, 0.6) is 11.5 Å². The second-order valence-corrected chi connectivity index (χ2v) is 8.77. The molecule has 35 heavy (non-hydrogen) atoms. The van der Waals surface area contributed by atoms with Gasteiger partial charge in [-0.1, -0.05) is 48.6 Å². The van der Waals surface area contributed by atoms with E-state index in [-0.39, 0.29) is 5.56 Å². The van der Waals surface area contributed by atoms with E-state index in [2.05, 4.69) is 0 Å². The molecule has 0 saturated carbocycles. The molecule has 0 spiro atoms. The number of hydrogen-bond donors (Lipinski definition) is 0. The first-order chi connectivity index (χ1) is 17.0. The summed E-state index contributed by atoms with van der Waals surface area (Å²) in [5.41, 5.74) is 2.36. The van der Waals surface area contributed by atoms with Crippen LogP contribution in [0.4, 0.5) is 0 Å². The van der Waals surface area contributed by atoms with Gasteiger partial charge in [-0.05, 0) is 44.0 Å². The highest BCUT2D eigenvalue weighted by atomic mass is 32.1. The standard InChI is InChI=1S/C27H28N2O5S/c1-5-20-23(26(31)32-4)24(17-11-9-8-10-12-17)29-25(30)22(35-27(29)28-20)15-18-13-14-19(33-6-2)16-21(18)34-7-3/h8-16,24H,5-7H2,1-4H3/b22-15-/t24-/m1/s1. The number of rotatable bonds is 8. The second-order valence-electron chi connectivity index (χ2n) is 7.76. The summed E-state index contributed by atoms with van der Waals surface area (Å²) in [6.45, 7) is 6.79. The number of hydrogen-bond acceptors (Lipinski definition) is 7. The lowest BCUT2D eigenvalue weighted by atomic mass is 9.95. The predicted octanol–water partition coefficient (Wildman–Crippen LogP) is 3.60. The zero-order valence-electron chi connectivity index (χ0n) is 20.2. The minimum absolute atomic E-state index is 0.226. The van der Waals surface area contributed by atoms with Crippen molar-refractivity contribution in [1.82, 2.24) is 4.57 Å². The lowest BCUT2D eigenvalue weighted by Crippen LogP contribution is -2.40. The molecule has 0 fully saturated rings. The fourth-order valence-electron chi connectivity index (χ4n) is 4.13. The van der Waals surface area contributed by atoms with Crippen LogP contribution in [0, 0.1) is 0 Å². The Balaban J connectivity index is 1.94. The number of carbonyl (C=O) groups excluding carboxylic acids is 1. The number of thiazole rings is 1. The Labute approximate surface area is 207 Å². The molecule has 7 nitrogen and oxygen atoms in total. The van der Waals surface area contributed by atoms with E-state index < -0.39 is 12.0 Å². The Hall–Kier alpha value is -3.65. The van der Waals surface area contributed by atoms with Crippen LogP contribution >= 0.6 is 11.3 Å². The second kappa shape index (κ2) is 10.7. The van der Waals surface area contributed by atoms with Crippen molar-refractivity contribution in [3.63, 3.8) is 0 Å². The average molecular weight is 493 g/mol. The van der Waals surface area contributed by atoms with E-state index in [4.69, 9.17) is 19.2 Å². The van der Waals surface area contributed by atoms with Crippen LogP contribution in [-0.2, 0) is 9.53 Å². The molecule has 1 aromatic heterocycles. The van der Waals surface area contributed by atoms with Gasteiger partial charge in [-0.25, -0.2) is 9.79 Å². The van der Waals surface area contributed by atoms with Crippen LogP contribution < -0.4 is 24.4 Å². The molecule has 2 aromatic carbocycles. The molecular formula is C27H28N2O5S. The number of fused-ring (bicyclic) bond motifs is 1. The van der Waals surface area contributed by atoms with E-state index in [9.17, 15) is 9.59 Å². The van der Waals surface area contributed by atoms with E-state index in [1.165, 1.54) is 18.4 Å². The van der Waals surface area contributed by atoms with Gasteiger partial charge in [-0.2, -0.15) is 0 Å². The van der Waals surface area contributed by atoms with Crippen molar-refractivity contribution in [2.45, 2.75) is 33.2 Å². The zero-order chi connectivity index (χ0) is 24.9. The van der Waals surface area contributed by atoms with Gasteiger partial charge in [0.25, 0.3) is 5.56 Å². The van der Waals surface area contributed by atoms with Gasteiger partial charge in [-0.3, -0.25) is 9.36 Å². The molecule has 0 amide bonds. The van der Waals surface area contributed by atoms with E-state index in [1.807, 2.05) is 69.3 Å². The Morgan fingerprint density at radius 3 is 2.49 bits per heavy atom. The summed E-state index contributed by atoms with van der Waals surface area (Å²) in [4.78, 5) is 31.8. The van der Waals surface area contributed by atoms with Gasteiger partial charge in [-0.15, -0.1) is 0 Å². The molecule has 0 radical (unpaired) electrons. The first-order valence-electron chi connectivity index (χ1n) is 11.6. The largest absolute Gasteiger partial charge is 0.494 e. The van der Waals surface area contributed by atoms with Crippen LogP contribution in [0.25, 0.3) is 6.08 Å². The molecule has 182 valence electrons. The zero-order valence-corrected chi connectivity index (χ0v) is 21.1. The topological polar surface area (TPSA) is 79.1 Å². The van der Waals surface area contributed by atoms with Gasteiger partial charge < -0.3 is 14.2 Å². The number of esters is 1. The summed E-state index contributed by atoms with van der Waals surface area (Å²) in [6, 6.07) is 14.4. The lowest BCUT2D eigenvalue weighted by Gasteiger charge is -2.25. The maximum Gasteiger partial charge on any atom is 0.338 e. The SMILES string of the molecule is CCOc1ccc(/C=c2\sc3n(c2=O)[C@H](c2ccccc2)C(C(=O)OC)=C(CC)N=3)c(OCC)c1. The van der Waals surface area contributed by atoms with Crippen molar-refractivity contribution >= 4 is 23.4 Å². The monoisotopic (exact) mass is 492 g/mol. The minimum atomic E-state index is -0.622. The molecule has 0 aliphatic carbocycles. The van der Waals surface area contributed by atoms with E-state index in [0.717, 1.165) is 11.1 Å². The van der Waals surface area contributed by atoms with Crippen LogP contribution in [0.1, 0.15) is 44.4 Å². The third-order valence-corrected chi connectivity index (χ3v) is 6.63. The summed E-state index contributed by atoms with van der Waals surface area (Å²) in [5.74, 6) is 0.848. The van der Waals surface area contributed by atoms with Crippen molar-refractivity contribution in [2.75, 3.05) is 20.3 Å². The van der Waals surface area contributed by atoms with Gasteiger partial charge >= 0.3 is 5.97 Å². The molecule has 0 saturated heterocycles. The Morgan fingerprint density at radius 1 is 1.09 bits per heavy atom. The van der Waals surface area contributed by atoms with Gasteiger partial charge in [0.15, 0.2) is 4.80 Å². The Bertz CT molecular complexity index is 1440. The fraction of sp³-hybridized carbons (Fsp3) is 0.296. The number of carbonyl (C=O) groups is 1. The molecule has 2 heterocycles. The number of allylic oxidation sites excluding steroid dienone is 1. The summed E-state index contributed by atoms with van der Waals surface area (Å²) in [6.07, 6.45) is 2.34. The summed E-state index contributed by atoms with van der Waals surface area (Å²) in [5, 5.41) is 0. The summed E-state index contributed by atoms with van der Waals surface area (Å²) >= 11 is 1.29. The van der Waals surface area contributed by atoms with Crippen LogP contribution in [0.15, 0.2) is 69.6 Å². The molecule has 1 atom stereocenters. The quantitative estimate of drug-likeness (QED) is 0.449. The number of aromatic nitrogens is 1. The average Bonchev–Trinajstić information content (AvgIpc) is 3.19. The third kappa shape index (κ3) is 4.79. The van der Waals surface area contributed by atoms with Gasteiger partial charge in [0.1, 0.15) is 11.5 Å². The van der Waals surface area contributed by atoms with Crippen LogP contribution in [0.3, 0.4) is 0 Å². The normalized spacial score (nSPS) is 15.4. The maximum absolute atomic E-state index is 13.7. The van der Waals surface area contributed by atoms with E-state index >= 15 is 0 Å². The smallest absolute Gasteiger partial charge is 0.338 e. The number of nitrogens with zero attached hydrogens (tertiary/aromatic N) is 2. The molecular weight excluding hydrogens is 464 g/mol. The van der Waals surface area contributed by atoms with Crippen molar-refractivity contribution in [3.8, 4) is 11.5 Å². The first-order valence-corrected chi connectivity index (χ1v) is 12.4.